The minimum atomic E-state index is -0.652. The molecule has 0 aromatic heterocycles. The first-order valence-corrected chi connectivity index (χ1v) is 14.2. The molecule has 0 radical (unpaired) electrons. The third-order valence-electron chi connectivity index (χ3n) is 12.5. The first-order chi connectivity index (χ1) is 17.0. The highest BCUT2D eigenvalue weighted by Gasteiger charge is 2.70. The predicted molar refractivity (Wildman–Crippen MR) is 144 cm³/mol. The van der Waals surface area contributed by atoms with Crippen molar-refractivity contribution in [2.24, 2.45) is 50.2 Å². The molecule has 5 aliphatic rings. The van der Waals surface area contributed by atoms with Gasteiger partial charge in [0.05, 0.1) is 12.0 Å². The summed E-state index contributed by atoms with van der Waals surface area (Å²) in [4.78, 5) is 44.7. The normalized spacial score (nSPS) is 45.6. The molecule has 3 fully saturated rings. The van der Waals surface area contributed by atoms with Gasteiger partial charge in [-0.2, -0.15) is 0 Å². The quantitative estimate of drug-likeness (QED) is 0.426. The Bertz CT molecular complexity index is 1200. The first-order valence-electron chi connectivity index (χ1n) is 14.2. The highest BCUT2D eigenvalue weighted by Crippen LogP contribution is 2.74. The molecule has 0 saturated heterocycles. The van der Waals surface area contributed by atoms with Gasteiger partial charge >= 0.3 is 0 Å². The van der Waals surface area contributed by atoms with E-state index in [4.69, 9.17) is 6.57 Å². The van der Waals surface area contributed by atoms with Crippen molar-refractivity contribution in [1.29, 1.82) is 0 Å². The number of Topliss-reactive ketones (excluding diaryl/α,β-unsaturated/α-hetero) is 1. The molecule has 0 bridgehead atoms. The lowest BCUT2D eigenvalue weighted by atomic mass is 9.34. The second kappa shape index (κ2) is 7.67. The van der Waals surface area contributed by atoms with E-state index in [1.807, 2.05) is 26.0 Å². The number of ketones is 2. The van der Waals surface area contributed by atoms with E-state index < -0.39 is 16.2 Å². The van der Waals surface area contributed by atoms with Crippen molar-refractivity contribution >= 4 is 17.5 Å². The Hall–Kier alpha value is -2.22. The molecule has 5 rings (SSSR count). The Kier molecular flexibility index (Phi) is 5.47. The van der Waals surface area contributed by atoms with Crippen LogP contribution in [0.2, 0.25) is 0 Å². The number of nitrogens with zero attached hydrogens (tertiary/aromatic N) is 1. The molecule has 200 valence electrons. The van der Waals surface area contributed by atoms with Crippen LogP contribution in [0, 0.1) is 56.8 Å². The highest BCUT2D eigenvalue weighted by atomic mass is 16.2. The molecule has 0 heterocycles. The molecule has 5 heteroatoms. The molecule has 0 unspecified atom stereocenters. The molecule has 0 aliphatic heterocycles. The lowest BCUT2D eigenvalue weighted by Gasteiger charge is -2.69. The SMILES string of the molecule is [C-]#[N+]C1=C[C@]2(C)C3=CC(=O)[C@@H]4[C@@H]5CC(C)(C)CC[C@]5(C(=O)NC)CC[C@@]4(C)[C@]3(C)CC[C@H]2C(C)(C)C1=O. The van der Waals surface area contributed by atoms with Crippen molar-refractivity contribution in [3.63, 3.8) is 0 Å². The lowest BCUT2D eigenvalue weighted by molar-refractivity contribution is -0.178. The van der Waals surface area contributed by atoms with Crippen molar-refractivity contribution in [2.45, 2.75) is 93.4 Å². The number of nitrogens with one attached hydrogen (secondary N) is 1. The molecule has 7 atom stereocenters. The largest absolute Gasteiger partial charge is 0.359 e. The van der Waals surface area contributed by atoms with Gasteiger partial charge < -0.3 is 10.1 Å². The van der Waals surface area contributed by atoms with Gasteiger partial charge in [0.2, 0.25) is 11.6 Å². The van der Waals surface area contributed by atoms with E-state index in [1.165, 1.54) is 0 Å². The van der Waals surface area contributed by atoms with Crippen LogP contribution >= 0.6 is 0 Å². The summed E-state index contributed by atoms with van der Waals surface area (Å²) < 4.78 is 0. The summed E-state index contributed by atoms with van der Waals surface area (Å²) in [6, 6.07) is 0. The second-order valence-electron chi connectivity index (χ2n) is 15.0. The van der Waals surface area contributed by atoms with E-state index >= 15 is 0 Å². The molecule has 1 amide bonds. The molecule has 5 nitrogen and oxygen atoms in total. The van der Waals surface area contributed by atoms with E-state index in [1.54, 1.807) is 7.05 Å². The fourth-order valence-corrected chi connectivity index (χ4v) is 10.2. The molecule has 37 heavy (non-hydrogen) atoms. The molecular weight excluding hydrogens is 460 g/mol. The number of hydrogen-bond donors (Lipinski definition) is 1. The number of fused-ring (bicyclic) bond motifs is 7. The van der Waals surface area contributed by atoms with Gasteiger partial charge in [0.15, 0.2) is 11.6 Å². The van der Waals surface area contributed by atoms with Crippen LogP contribution < -0.4 is 5.32 Å². The zero-order chi connectivity index (χ0) is 27.4. The van der Waals surface area contributed by atoms with Crippen LogP contribution in [0.4, 0.5) is 0 Å². The molecule has 0 spiro atoms. The minimum Gasteiger partial charge on any atom is -0.359 e. The Morgan fingerprint density at radius 1 is 1.00 bits per heavy atom. The summed E-state index contributed by atoms with van der Waals surface area (Å²) in [6.07, 6.45) is 10.00. The Balaban J connectivity index is 1.71. The van der Waals surface area contributed by atoms with Gasteiger partial charge in [0.25, 0.3) is 0 Å². The molecular formula is C32H44N2O3. The van der Waals surface area contributed by atoms with E-state index in [9.17, 15) is 14.4 Å². The van der Waals surface area contributed by atoms with Gasteiger partial charge in [0.1, 0.15) is 0 Å². The number of amides is 1. The molecule has 0 aromatic carbocycles. The van der Waals surface area contributed by atoms with E-state index in [-0.39, 0.29) is 57.2 Å². The van der Waals surface area contributed by atoms with E-state index in [0.717, 1.165) is 50.5 Å². The molecule has 5 aliphatic carbocycles. The van der Waals surface area contributed by atoms with E-state index in [0.29, 0.717) is 0 Å². The van der Waals surface area contributed by atoms with Crippen molar-refractivity contribution in [3.05, 3.63) is 34.8 Å². The van der Waals surface area contributed by atoms with E-state index in [2.05, 4.69) is 44.8 Å². The summed E-state index contributed by atoms with van der Waals surface area (Å²) in [6.45, 7) is 23.1. The van der Waals surface area contributed by atoms with Gasteiger partial charge in [-0.1, -0.05) is 60.1 Å². The summed E-state index contributed by atoms with van der Waals surface area (Å²) in [5.74, 6) is 0.0526. The summed E-state index contributed by atoms with van der Waals surface area (Å²) in [7, 11) is 1.74. The third-order valence-corrected chi connectivity index (χ3v) is 12.5. The Morgan fingerprint density at radius 3 is 2.27 bits per heavy atom. The fourth-order valence-electron chi connectivity index (χ4n) is 10.2. The van der Waals surface area contributed by atoms with Gasteiger partial charge in [0, 0.05) is 23.8 Å². The fraction of sp³-hybridized carbons (Fsp3) is 0.750. The number of hydrogen-bond acceptors (Lipinski definition) is 3. The number of allylic oxidation sites excluding steroid dienone is 4. The summed E-state index contributed by atoms with van der Waals surface area (Å²) >= 11 is 0. The highest BCUT2D eigenvalue weighted by molar-refractivity contribution is 6.03. The van der Waals surface area contributed by atoms with Gasteiger partial charge in [-0.25, -0.2) is 4.85 Å². The average Bonchev–Trinajstić information content (AvgIpc) is 2.82. The van der Waals surface area contributed by atoms with Crippen molar-refractivity contribution in [2.75, 3.05) is 7.05 Å². The maximum absolute atomic E-state index is 14.4. The zero-order valence-electron chi connectivity index (χ0n) is 24.0. The summed E-state index contributed by atoms with van der Waals surface area (Å²) in [5.41, 5.74) is -0.757. The Labute approximate surface area is 222 Å². The van der Waals surface area contributed by atoms with Crippen LogP contribution in [0.15, 0.2) is 23.4 Å². The smallest absolute Gasteiger partial charge is 0.226 e. The molecule has 0 aromatic rings. The third kappa shape index (κ3) is 3.11. The monoisotopic (exact) mass is 504 g/mol. The van der Waals surface area contributed by atoms with Crippen molar-refractivity contribution in [1.82, 2.24) is 5.32 Å². The van der Waals surface area contributed by atoms with Crippen LogP contribution in [0.25, 0.3) is 4.85 Å². The van der Waals surface area contributed by atoms with Gasteiger partial charge in [-0.3, -0.25) is 9.59 Å². The average molecular weight is 505 g/mol. The Morgan fingerprint density at radius 2 is 1.65 bits per heavy atom. The molecule has 3 saturated carbocycles. The van der Waals surface area contributed by atoms with Crippen LogP contribution in [0.5, 0.6) is 0 Å². The topological polar surface area (TPSA) is 67.6 Å². The second-order valence-corrected chi connectivity index (χ2v) is 15.0. The first kappa shape index (κ1) is 26.4. The van der Waals surface area contributed by atoms with Gasteiger partial charge in [-0.15, -0.1) is 0 Å². The van der Waals surface area contributed by atoms with Crippen LogP contribution in [0.1, 0.15) is 93.4 Å². The van der Waals surface area contributed by atoms with Crippen LogP contribution in [0.3, 0.4) is 0 Å². The summed E-state index contributed by atoms with van der Waals surface area (Å²) in [5, 5.41) is 2.97. The minimum absolute atomic E-state index is 0.0151. The number of rotatable bonds is 1. The maximum atomic E-state index is 14.4. The number of carbonyl (C=O) groups excluding carboxylic acids is 3. The lowest BCUT2D eigenvalue weighted by Crippen LogP contribution is -2.66. The number of carbonyl (C=O) groups is 3. The van der Waals surface area contributed by atoms with Crippen molar-refractivity contribution in [3.8, 4) is 0 Å². The predicted octanol–water partition coefficient (Wildman–Crippen LogP) is 6.31. The van der Waals surface area contributed by atoms with Crippen molar-refractivity contribution < 1.29 is 14.4 Å². The van der Waals surface area contributed by atoms with Gasteiger partial charge in [-0.05, 0) is 79.1 Å². The van der Waals surface area contributed by atoms with Crippen LogP contribution in [-0.4, -0.2) is 24.5 Å². The standard InChI is InChI=1S/C32H44N2O3/c1-27(2)12-14-32(26(37)34-9)15-13-31(7)24(19(32)17-27)21(35)16-23-29(5)18-20(33-8)25(36)28(3,4)22(29)10-11-30(23,31)6/h16,18-19,22,24H,10-15,17H2,1-7,9H3,(H,34,37)/t19-,22-,24-,29-,30+,31+,32-/m0/s1. The maximum Gasteiger partial charge on any atom is 0.226 e. The zero-order valence-corrected chi connectivity index (χ0v) is 24.0. The van der Waals surface area contributed by atoms with Crippen LogP contribution in [-0.2, 0) is 14.4 Å². The molecule has 1 N–H and O–H groups in total.